The SMILES string of the molecule is CCOCCn1c(=NC(=O)C2CCN(S(=O)(=O)c3ccc(F)cc3)CC2)sc2cc(C(=O)OC)ccc21. The van der Waals surface area contributed by atoms with Crippen LogP contribution >= 0.6 is 11.3 Å². The number of amides is 1. The first-order valence-electron chi connectivity index (χ1n) is 11.9. The summed E-state index contributed by atoms with van der Waals surface area (Å²) in [6.45, 7) is 3.71. The van der Waals surface area contributed by atoms with E-state index in [1.165, 1.54) is 34.9 Å². The lowest BCUT2D eigenvalue weighted by atomic mass is 9.98. The number of benzene rings is 2. The van der Waals surface area contributed by atoms with E-state index in [9.17, 15) is 22.4 Å². The van der Waals surface area contributed by atoms with Crippen LogP contribution in [-0.2, 0) is 30.8 Å². The Balaban J connectivity index is 1.55. The van der Waals surface area contributed by atoms with Crippen molar-refractivity contribution in [3.05, 3.63) is 58.6 Å². The number of aromatic nitrogens is 1. The van der Waals surface area contributed by atoms with Gasteiger partial charge in [0.05, 0.1) is 34.4 Å². The summed E-state index contributed by atoms with van der Waals surface area (Å²) in [5.41, 5.74) is 1.23. The number of fused-ring (bicyclic) bond motifs is 1. The van der Waals surface area contributed by atoms with Crippen LogP contribution in [0.3, 0.4) is 0 Å². The highest BCUT2D eigenvalue weighted by molar-refractivity contribution is 7.89. The van der Waals surface area contributed by atoms with Crippen molar-refractivity contribution in [1.29, 1.82) is 0 Å². The lowest BCUT2D eigenvalue weighted by Crippen LogP contribution is -2.40. The Kier molecular flexibility index (Phi) is 8.53. The highest BCUT2D eigenvalue weighted by Gasteiger charge is 2.32. The minimum absolute atomic E-state index is 0.0234. The quantitative estimate of drug-likeness (QED) is 0.316. The summed E-state index contributed by atoms with van der Waals surface area (Å²) in [5, 5.41) is 0. The molecule has 0 saturated carbocycles. The highest BCUT2D eigenvalue weighted by Crippen LogP contribution is 2.25. The second kappa shape index (κ2) is 11.6. The number of sulfonamides is 1. The van der Waals surface area contributed by atoms with Crippen molar-refractivity contribution in [2.24, 2.45) is 10.9 Å². The van der Waals surface area contributed by atoms with Crippen LogP contribution in [0.1, 0.15) is 30.1 Å². The van der Waals surface area contributed by atoms with E-state index in [-0.39, 0.29) is 23.9 Å². The van der Waals surface area contributed by atoms with Crippen LogP contribution in [0, 0.1) is 11.7 Å². The molecule has 3 aromatic rings. The fraction of sp³-hybridized carbons (Fsp3) is 0.400. The van der Waals surface area contributed by atoms with Crippen molar-refractivity contribution in [2.75, 3.05) is 33.4 Å². The van der Waals surface area contributed by atoms with Gasteiger partial charge in [-0.2, -0.15) is 9.30 Å². The Hall–Kier alpha value is -2.93. The number of piperidine rings is 1. The molecule has 198 valence electrons. The molecule has 1 aliphatic rings. The zero-order chi connectivity index (χ0) is 26.6. The van der Waals surface area contributed by atoms with Gasteiger partial charge in [0.15, 0.2) is 4.80 Å². The Bertz CT molecular complexity index is 1460. The number of ether oxygens (including phenoxy) is 2. The number of esters is 1. The third-order valence-corrected chi connectivity index (χ3v) is 9.18. The molecule has 1 fully saturated rings. The molecule has 1 saturated heterocycles. The van der Waals surface area contributed by atoms with Gasteiger partial charge in [-0.15, -0.1) is 0 Å². The van der Waals surface area contributed by atoms with E-state index in [1.807, 2.05) is 11.5 Å². The van der Waals surface area contributed by atoms with Crippen LogP contribution in [0.5, 0.6) is 0 Å². The second-order valence-electron chi connectivity index (χ2n) is 8.49. The second-order valence-corrected chi connectivity index (χ2v) is 11.4. The average Bonchev–Trinajstić information content (AvgIpc) is 3.24. The number of halogens is 1. The number of rotatable bonds is 8. The molecule has 0 spiro atoms. The van der Waals surface area contributed by atoms with Crippen molar-refractivity contribution >= 4 is 43.5 Å². The molecule has 9 nitrogen and oxygen atoms in total. The van der Waals surface area contributed by atoms with Gasteiger partial charge in [-0.05, 0) is 62.2 Å². The number of hydrogen-bond acceptors (Lipinski definition) is 7. The standard InChI is InChI=1S/C25H28FN3O6S2/c1-3-35-15-14-29-21-9-4-18(24(31)34-2)16-22(21)36-25(29)27-23(30)17-10-12-28(13-11-17)37(32,33)20-7-5-19(26)6-8-20/h4-9,16-17H,3,10-15H2,1-2H3. The third-order valence-electron chi connectivity index (χ3n) is 6.23. The molecule has 12 heteroatoms. The van der Waals surface area contributed by atoms with Crippen LogP contribution < -0.4 is 4.80 Å². The first kappa shape index (κ1) is 27.1. The molecular formula is C25H28FN3O6S2. The fourth-order valence-electron chi connectivity index (χ4n) is 4.20. The molecule has 1 amide bonds. The summed E-state index contributed by atoms with van der Waals surface area (Å²) in [5.74, 6) is -1.70. The molecule has 0 atom stereocenters. The molecule has 0 unspecified atom stereocenters. The van der Waals surface area contributed by atoms with Gasteiger partial charge in [-0.25, -0.2) is 17.6 Å². The van der Waals surface area contributed by atoms with Crippen molar-refractivity contribution < 1.29 is 31.9 Å². The zero-order valence-electron chi connectivity index (χ0n) is 20.6. The molecule has 0 aliphatic carbocycles. The van der Waals surface area contributed by atoms with Gasteiger partial charge in [0.25, 0.3) is 5.91 Å². The minimum atomic E-state index is -3.77. The number of carbonyl (C=O) groups excluding carboxylic acids is 2. The summed E-state index contributed by atoms with van der Waals surface area (Å²) < 4.78 is 53.3. The largest absolute Gasteiger partial charge is 0.465 e. The summed E-state index contributed by atoms with van der Waals surface area (Å²) in [6, 6.07) is 9.89. The maximum absolute atomic E-state index is 13.2. The summed E-state index contributed by atoms with van der Waals surface area (Å²) in [6.07, 6.45) is 0.665. The summed E-state index contributed by atoms with van der Waals surface area (Å²) >= 11 is 1.29. The van der Waals surface area contributed by atoms with Crippen LogP contribution in [-0.4, -0.2) is 62.6 Å². The van der Waals surface area contributed by atoms with E-state index in [2.05, 4.69) is 4.99 Å². The Morgan fingerprint density at radius 3 is 2.49 bits per heavy atom. The molecule has 2 heterocycles. The van der Waals surface area contributed by atoms with Gasteiger partial charge >= 0.3 is 5.97 Å². The van der Waals surface area contributed by atoms with Gasteiger partial charge in [0.1, 0.15) is 5.82 Å². The van der Waals surface area contributed by atoms with Gasteiger partial charge in [-0.3, -0.25) is 4.79 Å². The van der Waals surface area contributed by atoms with E-state index in [0.717, 1.165) is 22.3 Å². The minimum Gasteiger partial charge on any atom is -0.465 e. The van der Waals surface area contributed by atoms with Crippen LogP contribution in [0.15, 0.2) is 52.4 Å². The number of nitrogens with zero attached hydrogens (tertiary/aromatic N) is 3. The Morgan fingerprint density at radius 1 is 1.14 bits per heavy atom. The normalized spacial score (nSPS) is 15.8. The van der Waals surface area contributed by atoms with Crippen LogP contribution in [0.25, 0.3) is 10.2 Å². The smallest absolute Gasteiger partial charge is 0.337 e. The van der Waals surface area contributed by atoms with Gasteiger partial charge in [0, 0.05) is 32.2 Å². The molecule has 1 aliphatic heterocycles. The first-order valence-corrected chi connectivity index (χ1v) is 14.1. The molecule has 4 rings (SSSR count). The number of methoxy groups -OCH3 is 1. The third kappa shape index (κ3) is 5.98. The molecule has 2 aromatic carbocycles. The molecule has 1 aromatic heterocycles. The Morgan fingerprint density at radius 2 is 1.84 bits per heavy atom. The maximum Gasteiger partial charge on any atom is 0.337 e. The van der Waals surface area contributed by atoms with Crippen molar-refractivity contribution in [1.82, 2.24) is 8.87 Å². The predicted molar refractivity (Wildman–Crippen MR) is 136 cm³/mol. The number of hydrogen-bond donors (Lipinski definition) is 0. The summed E-state index contributed by atoms with van der Waals surface area (Å²) in [4.78, 5) is 30.0. The monoisotopic (exact) mass is 549 g/mol. The predicted octanol–water partition coefficient (Wildman–Crippen LogP) is 3.19. The molecular weight excluding hydrogens is 521 g/mol. The molecule has 0 radical (unpaired) electrons. The van der Waals surface area contributed by atoms with E-state index in [4.69, 9.17) is 9.47 Å². The van der Waals surface area contributed by atoms with Crippen molar-refractivity contribution in [2.45, 2.75) is 31.2 Å². The first-order chi connectivity index (χ1) is 17.7. The maximum atomic E-state index is 13.2. The number of carbonyl (C=O) groups is 2. The Labute approximate surface area is 218 Å². The zero-order valence-corrected chi connectivity index (χ0v) is 22.2. The fourth-order valence-corrected chi connectivity index (χ4v) is 6.77. The topological polar surface area (TPSA) is 107 Å². The average molecular weight is 550 g/mol. The van der Waals surface area contributed by atoms with Gasteiger partial charge in [0.2, 0.25) is 10.0 Å². The lowest BCUT2D eigenvalue weighted by Gasteiger charge is -2.29. The lowest BCUT2D eigenvalue weighted by molar-refractivity contribution is -0.122. The molecule has 0 bridgehead atoms. The van der Waals surface area contributed by atoms with Gasteiger partial charge < -0.3 is 14.0 Å². The van der Waals surface area contributed by atoms with Gasteiger partial charge in [-0.1, -0.05) is 11.3 Å². The number of thiazole rings is 1. The van der Waals surface area contributed by atoms with Crippen LogP contribution in [0.2, 0.25) is 0 Å². The summed E-state index contributed by atoms with van der Waals surface area (Å²) in [7, 11) is -2.45. The van der Waals surface area contributed by atoms with Crippen molar-refractivity contribution in [3.63, 3.8) is 0 Å². The van der Waals surface area contributed by atoms with Crippen LogP contribution in [0.4, 0.5) is 4.39 Å². The van der Waals surface area contributed by atoms with E-state index < -0.39 is 27.7 Å². The molecule has 37 heavy (non-hydrogen) atoms. The van der Waals surface area contributed by atoms with Crippen molar-refractivity contribution in [3.8, 4) is 0 Å². The van der Waals surface area contributed by atoms with E-state index in [1.54, 1.807) is 18.2 Å². The van der Waals surface area contributed by atoms with E-state index >= 15 is 0 Å². The van der Waals surface area contributed by atoms with E-state index in [0.29, 0.717) is 43.0 Å². The highest BCUT2D eigenvalue weighted by atomic mass is 32.2. The molecule has 0 N–H and O–H groups in total.